The molecule has 3 N–H and O–H groups in total. The zero-order valence-electron chi connectivity index (χ0n) is 39.6. The van der Waals surface area contributed by atoms with E-state index in [1.807, 2.05) is 12.2 Å². The van der Waals surface area contributed by atoms with E-state index in [1.165, 1.54) is 109 Å². The van der Waals surface area contributed by atoms with Crippen LogP contribution in [0.5, 0.6) is 0 Å². The van der Waals surface area contributed by atoms with Gasteiger partial charge in [-0.1, -0.05) is 223 Å². The van der Waals surface area contributed by atoms with Gasteiger partial charge >= 0.3 is 5.97 Å². The molecule has 60 heavy (non-hydrogen) atoms. The largest absolute Gasteiger partial charge is 0.462 e. The Kier molecular flexibility index (Phi) is 45.7. The topological polar surface area (TPSA) is 95.9 Å². The van der Waals surface area contributed by atoms with E-state index in [1.54, 1.807) is 0 Å². The van der Waals surface area contributed by atoms with Crippen molar-refractivity contribution in [2.75, 3.05) is 6.61 Å². The van der Waals surface area contributed by atoms with E-state index in [0.717, 1.165) is 89.9 Å². The summed E-state index contributed by atoms with van der Waals surface area (Å²) in [5.41, 5.74) is 0. The highest BCUT2D eigenvalue weighted by atomic mass is 16.5. The molecule has 3 atom stereocenters. The van der Waals surface area contributed by atoms with Crippen molar-refractivity contribution in [3.05, 3.63) is 60.8 Å². The second-order valence-corrected chi connectivity index (χ2v) is 17.3. The van der Waals surface area contributed by atoms with Crippen LogP contribution in [0.4, 0.5) is 0 Å². The lowest BCUT2D eigenvalue weighted by Crippen LogP contribution is -2.46. The van der Waals surface area contributed by atoms with Crippen LogP contribution < -0.4 is 5.32 Å². The van der Waals surface area contributed by atoms with Crippen LogP contribution in [0.2, 0.25) is 0 Å². The van der Waals surface area contributed by atoms with Crippen molar-refractivity contribution in [1.82, 2.24) is 5.32 Å². The second-order valence-electron chi connectivity index (χ2n) is 17.3. The van der Waals surface area contributed by atoms with Crippen LogP contribution in [0.3, 0.4) is 0 Å². The van der Waals surface area contributed by atoms with E-state index in [9.17, 15) is 19.8 Å². The number of hydrogen-bond acceptors (Lipinski definition) is 5. The highest BCUT2D eigenvalue weighted by molar-refractivity contribution is 5.77. The number of aliphatic hydroxyl groups excluding tert-OH is 2. The Morgan fingerprint density at radius 3 is 1.38 bits per heavy atom. The number of ether oxygens (including phenoxy) is 1. The van der Waals surface area contributed by atoms with Crippen LogP contribution in [0, 0.1) is 0 Å². The molecule has 0 aromatic rings. The predicted molar refractivity (Wildman–Crippen MR) is 259 cm³/mol. The van der Waals surface area contributed by atoms with Crippen LogP contribution in [-0.4, -0.2) is 46.9 Å². The molecule has 1 amide bonds. The quantitative estimate of drug-likeness (QED) is 0.0322. The summed E-state index contributed by atoms with van der Waals surface area (Å²) in [5, 5.41) is 23.7. The van der Waals surface area contributed by atoms with E-state index >= 15 is 0 Å². The monoisotopic (exact) mass is 840 g/mol. The van der Waals surface area contributed by atoms with Gasteiger partial charge in [0.05, 0.1) is 25.2 Å². The van der Waals surface area contributed by atoms with Crippen molar-refractivity contribution in [3.63, 3.8) is 0 Å². The van der Waals surface area contributed by atoms with Crippen LogP contribution in [0.25, 0.3) is 0 Å². The maximum atomic E-state index is 13.2. The van der Waals surface area contributed by atoms with Gasteiger partial charge in [0.1, 0.15) is 6.10 Å². The summed E-state index contributed by atoms with van der Waals surface area (Å²) in [7, 11) is 0. The molecule has 348 valence electrons. The molecular weight excluding hydrogens is 743 g/mol. The zero-order valence-corrected chi connectivity index (χ0v) is 39.6. The number of rotatable bonds is 45. The SMILES string of the molecule is CC/C=C/C=C/C=C\CCCCCC(CC(=O)NC(CO)C(O)CCCCCCCCCCCCCC)OC(=O)CCCCCCC/C=C/C=C/CCCCCCCCC. The van der Waals surface area contributed by atoms with E-state index in [-0.39, 0.29) is 24.9 Å². The minimum Gasteiger partial charge on any atom is -0.462 e. The fraction of sp³-hybridized carbons (Fsp3) is 0.778. The highest BCUT2D eigenvalue weighted by Gasteiger charge is 2.24. The molecule has 0 aliphatic rings. The third-order valence-electron chi connectivity index (χ3n) is 11.4. The Hall–Kier alpha value is -2.44. The number of unbranched alkanes of at least 4 members (excludes halogenated alkanes) is 26. The predicted octanol–water partition coefficient (Wildman–Crippen LogP) is 15.2. The number of nitrogens with one attached hydrogen (secondary N) is 1. The lowest BCUT2D eigenvalue weighted by Gasteiger charge is -2.24. The molecule has 0 radical (unpaired) electrons. The Bertz CT molecular complexity index is 1080. The first kappa shape index (κ1) is 57.6. The number of carbonyl (C=O) groups excluding carboxylic acids is 2. The van der Waals surface area contributed by atoms with Crippen molar-refractivity contribution >= 4 is 11.9 Å². The van der Waals surface area contributed by atoms with Crippen molar-refractivity contribution in [1.29, 1.82) is 0 Å². The van der Waals surface area contributed by atoms with Gasteiger partial charge < -0.3 is 20.3 Å². The molecule has 3 unspecified atom stereocenters. The van der Waals surface area contributed by atoms with Crippen LogP contribution in [-0.2, 0) is 14.3 Å². The molecule has 0 saturated carbocycles. The van der Waals surface area contributed by atoms with Gasteiger partial charge in [-0.25, -0.2) is 0 Å². The molecule has 0 aromatic heterocycles. The van der Waals surface area contributed by atoms with Crippen LogP contribution in [0.1, 0.15) is 245 Å². The summed E-state index contributed by atoms with van der Waals surface area (Å²) in [4.78, 5) is 26.1. The standard InChI is InChI=1S/C54H97NO5/c1-4-7-10-13-16-19-22-24-25-26-27-28-29-32-35-38-41-44-47-54(59)60-50(45-42-39-36-33-30-21-18-15-12-9-6-3)48-53(58)55-51(49-56)52(57)46-43-40-37-34-31-23-20-17-14-11-8-5-2/h9,12,15,18,21,25-28,30,50-52,56-57H,4-8,10-11,13-14,16-17,19-20,22-24,29,31-49H2,1-3H3,(H,55,58)/b12-9+,18-15+,26-25+,28-27+,30-21-. The molecule has 0 aromatic carbocycles. The van der Waals surface area contributed by atoms with Gasteiger partial charge in [-0.2, -0.15) is 0 Å². The Labute approximate surface area is 371 Å². The average Bonchev–Trinajstić information content (AvgIpc) is 3.24. The molecule has 6 nitrogen and oxygen atoms in total. The minimum atomic E-state index is -0.800. The van der Waals surface area contributed by atoms with E-state index in [2.05, 4.69) is 74.7 Å². The smallest absolute Gasteiger partial charge is 0.306 e. The molecule has 0 fully saturated rings. The molecule has 0 bridgehead atoms. The Morgan fingerprint density at radius 1 is 0.500 bits per heavy atom. The summed E-state index contributed by atoms with van der Waals surface area (Å²) in [5.74, 6) is -0.526. The normalized spacial score (nSPS) is 13.8. The highest BCUT2D eigenvalue weighted by Crippen LogP contribution is 2.17. The molecule has 0 saturated heterocycles. The van der Waals surface area contributed by atoms with E-state index in [0.29, 0.717) is 19.3 Å². The van der Waals surface area contributed by atoms with E-state index < -0.39 is 18.2 Å². The first-order valence-corrected chi connectivity index (χ1v) is 25.6. The van der Waals surface area contributed by atoms with Gasteiger partial charge in [0.2, 0.25) is 5.91 Å². The van der Waals surface area contributed by atoms with Gasteiger partial charge in [-0.05, 0) is 70.6 Å². The average molecular weight is 840 g/mol. The van der Waals surface area contributed by atoms with Crippen molar-refractivity contribution in [3.8, 4) is 0 Å². The lowest BCUT2D eigenvalue weighted by molar-refractivity contribution is -0.151. The number of hydrogen-bond donors (Lipinski definition) is 3. The number of amides is 1. The van der Waals surface area contributed by atoms with Crippen LogP contribution >= 0.6 is 0 Å². The molecule has 0 aliphatic carbocycles. The number of carbonyl (C=O) groups is 2. The van der Waals surface area contributed by atoms with Crippen molar-refractivity contribution in [2.45, 2.75) is 264 Å². The number of esters is 1. The fourth-order valence-electron chi connectivity index (χ4n) is 7.54. The first-order valence-electron chi connectivity index (χ1n) is 25.6. The van der Waals surface area contributed by atoms with Gasteiger partial charge in [0, 0.05) is 6.42 Å². The third-order valence-corrected chi connectivity index (χ3v) is 11.4. The Balaban J connectivity index is 4.58. The van der Waals surface area contributed by atoms with E-state index in [4.69, 9.17) is 4.74 Å². The zero-order chi connectivity index (χ0) is 43.8. The maximum absolute atomic E-state index is 13.2. The minimum absolute atomic E-state index is 0.0470. The second kappa shape index (κ2) is 47.6. The van der Waals surface area contributed by atoms with Crippen molar-refractivity contribution in [2.24, 2.45) is 0 Å². The number of aliphatic hydroxyl groups is 2. The summed E-state index contributed by atoms with van der Waals surface area (Å²) >= 11 is 0. The summed E-state index contributed by atoms with van der Waals surface area (Å²) in [6, 6.07) is -0.716. The van der Waals surface area contributed by atoms with Gasteiger partial charge in [0.15, 0.2) is 0 Å². The maximum Gasteiger partial charge on any atom is 0.306 e. The molecule has 6 heteroatoms. The van der Waals surface area contributed by atoms with Gasteiger partial charge in [-0.3, -0.25) is 9.59 Å². The molecule has 0 spiro atoms. The van der Waals surface area contributed by atoms with Crippen molar-refractivity contribution < 1.29 is 24.5 Å². The number of allylic oxidation sites excluding steroid dienone is 10. The van der Waals surface area contributed by atoms with Gasteiger partial charge in [0.25, 0.3) is 0 Å². The molecule has 0 heterocycles. The summed E-state index contributed by atoms with van der Waals surface area (Å²) < 4.78 is 5.90. The Morgan fingerprint density at radius 2 is 0.900 bits per heavy atom. The van der Waals surface area contributed by atoms with Gasteiger partial charge in [-0.15, -0.1) is 0 Å². The third kappa shape index (κ3) is 42.3. The fourth-order valence-corrected chi connectivity index (χ4v) is 7.54. The summed E-state index contributed by atoms with van der Waals surface area (Å²) in [6.07, 6.45) is 58.6. The summed E-state index contributed by atoms with van der Waals surface area (Å²) in [6.45, 7) is 6.33. The first-order chi connectivity index (χ1) is 29.5. The molecule has 0 aliphatic heterocycles. The lowest BCUT2D eigenvalue weighted by atomic mass is 10.0. The van der Waals surface area contributed by atoms with Crippen LogP contribution in [0.15, 0.2) is 60.8 Å². The molecule has 0 rings (SSSR count). The molecular formula is C54H97NO5.